The Balaban J connectivity index is 1.84. The van der Waals surface area contributed by atoms with E-state index in [-0.39, 0.29) is 17.2 Å². The molecule has 4 nitrogen and oxygen atoms in total. The van der Waals surface area contributed by atoms with Gasteiger partial charge in [0.2, 0.25) is 5.91 Å². The lowest BCUT2D eigenvalue weighted by atomic mass is 9.84. The fraction of sp³-hybridized carbons (Fsp3) is 0.414. The van der Waals surface area contributed by atoms with E-state index in [0.29, 0.717) is 18.9 Å². The molecule has 0 bridgehead atoms. The van der Waals surface area contributed by atoms with Gasteiger partial charge in [-0.15, -0.1) is 0 Å². The van der Waals surface area contributed by atoms with E-state index >= 15 is 0 Å². The lowest BCUT2D eigenvalue weighted by Gasteiger charge is -2.23. The Labute approximate surface area is 197 Å². The lowest BCUT2D eigenvalue weighted by Crippen LogP contribution is -2.21. The molecule has 1 N–H and O–H groups in total. The highest BCUT2D eigenvalue weighted by atomic mass is 16.5. The van der Waals surface area contributed by atoms with Crippen molar-refractivity contribution in [1.82, 2.24) is 0 Å². The van der Waals surface area contributed by atoms with Gasteiger partial charge in [-0.1, -0.05) is 58.9 Å². The predicted octanol–water partition coefficient (Wildman–Crippen LogP) is 7.59. The van der Waals surface area contributed by atoms with Gasteiger partial charge in [-0.05, 0) is 53.5 Å². The zero-order valence-electron chi connectivity index (χ0n) is 20.8. The molecule has 1 amide bonds. The molecule has 1 atom stereocenters. The third-order valence-corrected chi connectivity index (χ3v) is 6.51. The Morgan fingerprint density at radius 3 is 2.36 bits per heavy atom. The maximum Gasteiger partial charge on any atom is 0.224 e. The minimum atomic E-state index is -0.0835. The zero-order valence-corrected chi connectivity index (χ0v) is 20.8. The van der Waals surface area contributed by atoms with Gasteiger partial charge in [-0.3, -0.25) is 4.79 Å². The number of ether oxygens (including phenoxy) is 1. The van der Waals surface area contributed by atoms with Gasteiger partial charge in [0.15, 0.2) is 0 Å². The molecule has 3 aromatic rings. The summed E-state index contributed by atoms with van der Waals surface area (Å²) < 4.78 is 11.8. The van der Waals surface area contributed by atoms with E-state index in [9.17, 15) is 4.79 Å². The van der Waals surface area contributed by atoms with Crippen molar-refractivity contribution in [3.63, 3.8) is 0 Å². The Morgan fingerprint density at radius 2 is 1.79 bits per heavy atom. The Bertz CT molecular complexity index is 1150. The minimum absolute atomic E-state index is 0.0311. The molecular weight excluding hydrogens is 410 g/mol. The second-order valence-corrected chi connectivity index (χ2v) is 10.7. The summed E-state index contributed by atoms with van der Waals surface area (Å²) in [6.07, 6.45) is 3.88. The topological polar surface area (TPSA) is 51.5 Å². The minimum Gasteiger partial charge on any atom is -0.492 e. The first-order chi connectivity index (χ1) is 15.6. The molecular formula is C29H35NO3. The summed E-state index contributed by atoms with van der Waals surface area (Å²) in [7, 11) is 0. The Morgan fingerprint density at radius 1 is 1.09 bits per heavy atom. The van der Waals surface area contributed by atoms with Gasteiger partial charge in [-0.2, -0.15) is 0 Å². The van der Waals surface area contributed by atoms with E-state index in [4.69, 9.17) is 9.15 Å². The van der Waals surface area contributed by atoms with Crippen LogP contribution in [0.5, 0.6) is 5.75 Å². The standard InChI is InChI=1S/C29H35NO3/c1-17(2)20-8-10-21(11-9-20)23-16-33-28-25(22-12-13-32-15-22)18(3)27(19(4)26(23)28)30-24(31)14-29(5,6)7/h8-13,15,17,23H,14,16H2,1-7H3,(H,30,31). The smallest absolute Gasteiger partial charge is 0.224 e. The largest absolute Gasteiger partial charge is 0.492 e. The number of fused-ring (bicyclic) bond motifs is 1. The molecule has 0 radical (unpaired) electrons. The maximum atomic E-state index is 12.9. The summed E-state index contributed by atoms with van der Waals surface area (Å²) in [5, 5.41) is 3.24. The van der Waals surface area contributed by atoms with E-state index in [1.807, 2.05) is 6.07 Å². The number of anilines is 1. The van der Waals surface area contributed by atoms with E-state index < -0.39 is 0 Å². The van der Waals surface area contributed by atoms with Gasteiger partial charge in [0.05, 0.1) is 19.1 Å². The first-order valence-electron chi connectivity index (χ1n) is 11.8. The summed E-state index contributed by atoms with van der Waals surface area (Å²) in [6.45, 7) is 15.4. The molecule has 4 heteroatoms. The van der Waals surface area contributed by atoms with Crippen LogP contribution in [-0.4, -0.2) is 12.5 Å². The van der Waals surface area contributed by atoms with Crippen molar-refractivity contribution >= 4 is 11.6 Å². The number of furan rings is 1. The molecule has 2 heterocycles. The average Bonchev–Trinajstić information content (AvgIpc) is 3.41. The number of rotatable bonds is 5. The third kappa shape index (κ3) is 4.57. The van der Waals surface area contributed by atoms with Crippen molar-refractivity contribution < 1.29 is 13.9 Å². The molecule has 33 heavy (non-hydrogen) atoms. The van der Waals surface area contributed by atoms with E-state index in [2.05, 4.69) is 78.0 Å². The SMILES string of the molecule is Cc1c(NC(=O)CC(C)(C)C)c(C)c2c(c1-c1ccoc1)OCC2c1ccc(C(C)C)cc1. The quantitative estimate of drug-likeness (QED) is 0.440. The molecule has 1 aliphatic rings. The lowest BCUT2D eigenvalue weighted by molar-refractivity contribution is -0.117. The van der Waals surface area contributed by atoms with Crippen LogP contribution in [0.1, 0.15) is 80.7 Å². The second kappa shape index (κ2) is 8.74. The van der Waals surface area contributed by atoms with Crippen LogP contribution >= 0.6 is 0 Å². The van der Waals surface area contributed by atoms with Gasteiger partial charge in [0, 0.05) is 34.7 Å². The third-order valence-electron chi connectivity index (χ3n) is 6.51. The number of carbonyl (C=O) groups excluding carboxylic acids is 1. The fourth-order valence-corrected chi connectivity index (χ4v) is 4.82. The molecule has 0 saturated heterocycles. The van der Waals surface area contributed by atoms with Crippen molar-refractivity contribution in [2.24, 2.45) is 5.41 Å². The molecule has 1 aliphatic heterocycles. The van der Waals surface area contributed by atoms with Crippen LogP contribution in [-0.2, 0) is 4.79 Å². The zero-order chi connectivity index (χ0) is 23.9. The first-order valence-corrected chi connectivity index (χ1v) is 11.8. The average molecular weight is 446 g/mol. The normalized spacial score (nSPS) is 15.5. The number of amides is 1. The molecule has 0 fully saturated rings. The van der Waals surface area contributed by atoms with Crippen molar-refractivity contribution in [3.05, 3.63) is 70.7 Å². The van der Waals surface area contributed by atoms with Crippen LogP contribution in [0, 0.1) is 19.3 Å². The van der Waals surface area contributed by atoms with Crippen LogP contribution in [0.15, 0.2) is 47.3 Å². The summed E-state index contributed by atoms with van der Waals surface area (Å²) in [4.78, 5) is 12.9. The molecule has 1 aromatic heterocycles. The highest BCUT2D eigenvalue weighted by Crippen LogP contribution is 2.51. The van der Waals surface area contributed by atoms with Crippen molar-refractivity contribution in [1.29, 1.82) is 0 Å². The monoisotopic (exact) mass is 445 g/mol. The number of benzene rings is 2. The summed E-state index contributed by atoms with van der Waals surface area (Å²) >= 11 is 0. The van der Waals surface area contributed by atoms with Gasteiger partial charge in [0.25, 0.3) is 0 Å². The predicted molar refractivity (Wildman–Crippen MR) is 134 cm³/mol. The van der Waals surface area contributed by atoms with Crippen LogP contribution in [0.4, 0.5) is 5.69 Å². The van der Waals surface area contributed by atoms with Gasteiger partial charge >= 0.3 is 0 Å². The first kappa shape index (κ1) is 23.2. The molecule has 0 spiro atoms. The highest BCUT2D eigenvalue weighted by Gasteiger charge is 2.34. The molecule has 174 valence electrons. The summed E-state index contributed by atoms with van der Waals surface area (Å²) in [6, 6.07) is 10.8. The van der Waals surface area contributed by atoms with Gasteiger partial charge in [0.1, 0.15) is 5.75 Å². The maximum absolute atomic E-state index is 12.9. The van der Waals surface area contributed by atoms with Gasteiger partial charge in [-0.25, -0.2) is 0 Å². The fourth-order valence-electron chi connectivity index (χ4n) is 4.82. The van der Waals surface area contributed by atoms with Crippen LogP contribution in [0.3, 0.4) is 0 Å². The van der Waals surface area contributed by atoms with Crippen LogP contribution in [0.25, 0.3) is 11.1 Å². The highest BCUT2D eigenvalue weighted by molar-refractivity contribution is 5.96. The number of hydrogen-bond donors (Lipinski definition) is 1. The van der Waals surface area contributed by atoms with Crippen molar-refractivity contribution in [2.45, 2.75) is 66.7 Å². The van der Waals surface area contributed by atoms with Crippen molar-refractivity contribution in [3.8, 4) is 16.9 Å². The Kier molecular flexibility index (Phi) is 6.13. The van der Waals surface area contributed by atoms with E-state index in [1.54, 1.807) is 12.5 Å². The second-order valence-electron chi connectivity index (χ2n) is 10.7. The number of carbonyl (C=O) groups is 1. The van der Waals surface area contributed by atoms with Gasteiger partial charge < -0.3 is 14.5 Å². The summed E-state index contributed by atoms with van der Waals surface area (Å²) in [5.74, 6) is 1.54. The molecule has 2 aromatic carbocycles. The molecule has 0 aliphatic carbocycles. The number of hydrogen-bond acceptors (Lipinski definition) is 3. The molecule has 1 unspecified atom stereocenters. The number of nitrogens with one attached hydrogen (secondary N) is 1. The molecule has 0 saturated carbocycles. The Hall–Kier alpha value is -3.01. The van der Waals surface area contributed by atoms with E-state index in [1.165, 1.54) is 11.1 Å². The van der Waals surface area contributed by atoms with Crippen LogP contribution < -0.4 is 10.1 Å². The molecule has 4 rings (SSSR count). The summed E-state index contributed by atoms with van der Waals surface area (Å²) in [5.41, 5.74) is 8.55. The van der Waals surface area contributed by atoms with Crippen LogP contribution in [0.2, 0.25) is 0 Å². The van der Waals surface area contributed by atoms with Crippen molar-refractivity contribution in [2.75, 3.05) is 11.9 Å². The van der Waals surface area contributed by atoms with E-state index in [0.717, 1.165) is 39.3 Å².